The van der Waals surface area contributed by atoms with Crippen LogP contribution in [0.5, 0.6) is 11.5 Å². The summed E-state index contributed by atoms with van der Waals surface area (Å²) in [6.45, 7) is 0. The van der Waals surface area contributed by atoms with Gasteiger partial charge in [-0.05, 0) is 30.3 Å². The van der Waals surface area contributed by atoms with E-state index in [4.69, 9.17) is 9.47 Å². The first-order valence-electron chi connectivity index (χ1n) is 6.67. The van der Waals surface area contributed by atoms with E-state index in [1.807, 2.05) is 16.7 Å². The molecule has 1 aromatic carbocycles. The number of carbonyl (C=O) groups excluding carboxylic acids is 1. The summed E-state index contributed by atoms with van der Waals surface area (Å²) in [6.07, 6.45) is 5.33. The van der Waals surface area contributed by atoms with Crippen LogP contribution in [0.3, 0.4) is 0 Å². The molecule has 0 saturated carbocycles. The van der Waals surface area contributed by atoms with E-state index in [2.05, 4.69) is 10.3 Å². The van der Waals surface area contributed by atoms with Crippen LogP contribution in [0.4, 0.5) is 5.69 Å². The van der Waals surface area contributed by atoms with Crippen LogP contribution in [0.25, 0.3) is 5.65 Å². The number of hydrogen-bond donors (Lipinski definition) is 1. The fraction of sp³-hybridized carbons (Fsp3) is 0.125. The monoisotopic (exact) mass is 297 g/mol. The Balaban J connectivity index is 1.84. The van der Waals surface area contributed by atoms with Gasteiger partial charge in [-0.2, -0.15) is 0 Å². The third-order valence-electron chi connectivity index (χ3n) is 3.29. The number of nitrogens with one attached hydrogen (secondary N) is 1. The highest BCUT2D eigenvalue weighted by Gasteiger charge is 2.11. The van der Waals surface area contributed by atoms with Gasteiger partial charge in [0.1, 0.15) is 5.65 Å². The zero-order valence-electron chi connectivity index (χ0n) is 12.2. The normalized spacial score (nSPS) is 10.5. The van der Waals surface area contributed by atoms with Gasteiger partial charge in [0.2, 0.25) is 0 Å². The lowest BCUT2D eigenvalue weighted by Gasteiger charge is -2.10. The van der Waals surface area contributed by atoms with Crippen molar-refractivity contribution in [3.8, 4) is 11.5 Å². The number of nitrogens with zero attached hydrogens (tertiary/aromatic N) is 2. The Bertz CT molecular complexity index is 826. The molecule has 0 aliphatic rings. The Hall–Kier alpha value is -3.02. The summed E-state index contributed by atoms with van der Waals surface area (Å²) >= 11 is 0. The highest BCUT2D eigenvalue weighted by molar-refractivity contribution is 6.04. The van der Waals surface area contributed by atoms with Crippen LogP contribution in [-0.2, 0) is 0 Å². The lowest BCUT2D eigenvalue weighted by atomic mass is 10.2. The minimum Gasteiger partial charge on any atom is -0.493 e. The van der Waals surface area contributed by atoms with Crippen molar-refractivity contribution in [3.05, 3.63) is 54.5 Å². The molecule has 0 radical (unpaired) electrons. The van der Waals surface area contributed by atoms with E-state index in [-0.39, 0.29) is 5.91 Å². The van der Waals surface area contributed by atoms with Crippen molar-refractivity contribution in [1.82, 2.24) is 9.38 Å². The first-order valence-corrected chi connectivity index (χ1v) is 6.67. The summed E-state index contributed by atoms with van der Waals surface area (Å²) in [4.78, 5) is 16.5. The van der Waals surface area contributed by atoms with Gasteiger partial charge in [0.05, 0.1) is 19.9 Å². The van der Waals surface area contributed by atoms with Gasteiger partial charge in [-0.25, -0.2) is 4.98 Å². The third kappa shape index (κ3) is 2.58. The Morgan fingerprint density at radius 3 is 2.73 bits per heavy atom. The molecule has 3 aromatic rings. The van der Waals surface area contributed by atoms with Crippen LogP contribution in [0.1, 0.15) is 10.4 Å². The summed E-state index contributed by atoms with van der Waals surface area (Å²) in [7, 11) is 3.09. The van der Waals surface area contributed by atoms with Gasteiger partial charge < -0.3 is 19.2 Å². The van der Waals surface area contributed by atoms with Crippen LogP contribution >= 0.6 is 0 Å². The van der Waals surface area contributed by atoms with Gasteiger partial charge in [0.25, 0.3) is 5.91 Å². The van der Waals surface area contributed by atoms with Crippen molar-refractivity contribution in [2.45, 2.75) is 0 Å². The van der Waals surface area contributed by atoms with Gasteiger partial charge in [-0.1, -0.05) is 0 Å². The third-order valence-corrected chi connectivity index (χ3v) is 3.29. The Morgan fingerprint density at radius 1 is 1.14 bits per heavy atom. The van der Waals surface area contributed by atoms with E-state index >= 15 is 0 Å². The van der Waals surface area contributed by atoms with E-state index in [9.17, 15) is 4.79 Å². The second-order valence-electron chi connectivity index (χ2n) is 4.63. The molecule has 0 bridgehead atoms. The predicted molar refractivity (Wildman–Crippen MR) is 82.7 cm³/mol. The number of carbonyl (C=O) groups is 1. The molecule has 112 valence electrons. The first-order chi connectivity index (χ1) is 10.7. The molecule has 2 aromatic heterocycles. The molecule has 0 aliphatic heterocycles. The average Bonchev–Trinajstić information content (AvgIpc) is 3.01. The van der Waals surface area contributed by atoms with Gasteiger partial charge >= 0.3 is 0 Å². The molecule has 3 rings (SSSR count). The van der Waals surface area contributed by atoms with Gasteiger partial charge in [0, 0.05) is 24.2 Å². The number of benzene rings is 1. The number of pyridine rings is 1. The van der Waals surface area contributed by atoms with Crippen LogP contribution in [0.2, 0.25) is 0 Å². The quantitative estimate of drug-likeness (QED) is 0.804. The van der Waals surface area contributed by atoms with Crippen LogP contribution in [0, 0.1) is 0 Å². The number of imidazole rings is 1. The first kappa shape index (κ1) is 13.9. The maximum absolute atomic E-state index is 12.3. The number of amides is 1. The van der Waals surface area contributed by atoms with Gasteiger partial charge in [-0.3, -0.25) is 4.79 Å². The molecular formula is C16H15N3O3. The van der Waals surface area contributed by atoms with Gasteiger partial charge in [0.15, 0.2) is 11.5 Å². The molecular weight excluding hydrogens is 282 g/mol. The highest BCUT2D eigenvalue weighted by Crippen LogP contribution is 2.27. The fourth-order valence-corrected chi connectivity index (χ4v) is 2.17. The molecule has 6 nitrogen and oxygen atoms in total. The van der Waals surface area contributed by atoms with E-state index in [1.165, 1.54) is 7.11 Å². The lowest BCUT2D eigenvalue weighted by molar-refractivity contribution is 0.102. The largest absolute Gasteiger partial charge is 0.493 e. The molecule has 0 fully saturated rings. The minimum atomic E-state index is -0.222. The van der Waals surface area contributed by atoms with Crippen molar-refractivity contribution < 1.29 is 14.3 Å². The number of methoxy groups -OCH3 is 2. The number of fused-ring (bicyclic) bond motifs is 1. The second-order valence-corrected chi connectivity index (χ2v) is 4.63. The summed E-state index contributed by atoms with van der Waals surface area (Å²) in [5.74, 6) is 0.875. The molecule has 22 heavy (non-hydrogen) atoms. The number of ether oxygens (including phenoxy) is 2. The van der Waals surface area contributed by atoms with E-state index in [0.717, 1.165) is 5.65 Å². The summed E-state index contributed by atoms with van der Waals surface area (Å²) in [5, 5.41) is 2.85. The molecule has 1 amide bonds. The molecule has 0 unspecified atom stereocenters. The number of anilines is 1. The van der Waals surface area contributed by atoms with Crippen LogP contribution in [-0.4, -0.2) is 29.5 Å². The standard InChI is InChI=1S/C16H15N3O3/c1-21-13-5-3-11(9-14(13)22-2)16(20)18-12-4-6-15-17-7-8-19(15)10-12/h3-10H,1-2H3,(H,18,20). The Kier molecular flexibility index (Phi) is 3.65. The molecule has 0 spiro atoms. The van der Waals surface area contributed by atoms with Crippen LogP contribution < -0.4 is 14.8 Å². The molecule has 1 N–H and O–H groups in total. The topological polar surface area (TPSA) is 64.9 Å². The van der Waals surface area contributed by atoms with Crippen LogP contribution in [0.15, 0.2) is 48.9 Å². The van der Waals surface area contributed by atoms with Crippen molar-refractivity contribution in [2.75, 3.05) is 19.5 Å². The zero-order chi connectivity index (χ0) is 15.5. The molecule has 0 atom stereocenters. The molecule has 2 heterocycles. The SMILES string of the molecule is COc1ccc(C(=O)Nc2ccc3nccn3c2)cc1OC. The van der Waals surface area contributed by atoms with Gasteiger partial charge in [-0.15, -0.1) is 0 Å². The van der Waals surface area contributed by atoms with Crippen molar-refractivity contribution >= 4 is 17.2 Å². The maximum atomic E-state index is 12.3. The Labute approximate surface area is 127 Å². The summed E-state index contributed by atoms with van der Waals surface area (Å²) < 4.78 is 12.2. The maximum Gasteiger partial charge on any atom is 0.255 e. The zero-order valence-corrected chi connectivity index (χ0v) is 12.2. The number of aromatic nitrogens is 2. The predicted octanol–water partition coefficient (Wildman–Crippen LogP) is 2.60. The van der Waals surface area contributed by atoms with E-state index in [1.54, 1.807) is 43.8 Å². The van der Waals surface area contributed by atoms with E-state index < -0.39 is 0 Å². The van der Waals surface area contributed by atoms with Crippen molar-refractivity contribution in [3.63, 3.8) is 0 Å². The number of rotatable bonds is 4. The minimum absolute atomic E-state index is 0.222. The van der Waals surface area contributed by atoms with Crippen molar-refractivity contribution in [2.24, 2.45) is 0 Å². The van der Waals surface area contributed by atoms with E-state index in [0.29, 0.717) is 22.7 Å². The molecule has 0 aliphatic carbocycles. The lowest BCUT2D eigenvalue weighted by Crippen LogP contribution is -2.12. The average molecular weight is 297 g/mol. The molecule has 0 saturated heterocycles. The van der Waals surface area contributed by atoms with Crippen molar-refractivity contribution in [1.29, 1.82) is 0 Å². The molecule has 6 heteroatoms. The fourth-order valence-electron chi connectivity index (χ4n) is 2.17. The second kappa shape index (κ2) is 5.77. The Morgan fingerprint density at radius 2 is 1.95 bits per heavy atom. The smallest absolute Gasteiger partial charge is 0.255 e. The highest BCUT2D eigenvalue weighted by atomic mass is 16.5. The summed E-state index contributed by atoms with van der Waals surface area (Å²) in [6, 6.07) is 8.67. The number of hydrogen-bond acceptors (Lipinski definition) is 4. The summed E-state index contributed by atoms with van der Waals surface area (Å²) in [5.41, 5.74) is 2.00.